The van der Waals surface area contributed by atoms with Gasteiger partial charge in [0, 0.05) is 25.3 Å². The van der Waals surface area contributed by atoms with Gasteiger partial charge in [0.25, 0.3) is 0 Å². The molecule has 2 rings (SSSR count). The van der Waals surface area contributed by atoms with Crippen LogP contribution in [0.3, 0.4) is 0 Å². The summed E-state index contributed by atoms with van der Waals surface area (Å²) in [5, 5.41) is 3.36. The smallest absolute Gasteiger partial charge is 0.0399 e. The van der Waals surface area contributed by atoms with Crippen molar-refractivity contribution in [3.63, 3.8) is 0 Å². The molecule has 0 saturated carbocycles. The summed E-state index contributed by atoms with van der Waals surface area (Å²) in [4.78, 5) is 2.60. The van der Waals surface area contributed by atoms with Crippen LogP contribution >= 0.6 is 0 Å². The molecular weight excluding hydrogens is 232 g/mol. The lowest BCUT2D eigenvalue weighted by atomic mass is 9.85. The number of nitrogens with zero attached hydrogens (tertiary/aromatic N) is 1. The van der Waals surface area contributed by atoms with Gasteiger partial charge in [0.15, 0.2) is 0 Å². The monoisotopic (exact) mass is 260 g/mol. The fourth-order valence-corrected chi connectivity index (χ4v) is 3.15. The first-order valence-electron chi connectivity index (χ1n) is 7.57. The first-order chi connectivity index (χ1) is 9.08. The topological polar surface area (TPSA) is 15.3 Å². The van der Waals surface area contributed by atoms with Crippen molar-refractivity contribution in [3.8, 4) is 0 Å². The Morgan fingerprint density at radius 3 is 2.84 bits per heavy atom. The fraction of sp³-hybridized carbons (Fsp3) is 0.647. The summed E-state index contributed by atoms with van der Waals surface area (Å²) >= 11 is 0. The van der Waals surface area contributed by atoms with E-state index in [-0.39, 0.29) is 0 Å². The first-order valence-corrected chi connectivity index (χ1v) is 7.57. The lowest BCUT2D eigenvalue weighted by Gasteiger charge is -2.39. The van der Waals surface area contributed by atoms with Crippen molar-refractivity contribution in [3.05, 3.63) is 29.3 Å². The molecule has 1 heterocycles. The molecule has 1 N–H and O–H groups in total. The van der Waals surface area contributed by atoms with E-state index < -0.39 is 0 Å². The summed E-state index contributed by atoms with van der Waals surface area (Å²) < 4.78 is 0. The Kier molecular flexibility index (Phi) is 4.51. The number of nitrogens with one attached hydrogen (secondary N) is 1. The zero-order valence-corrected chi connectivity index (χ0v) is 12.9. The molecule has 19 heavy (non-hydrogen) atoms. The van der Waals surface area contributed by atoms with Gasteiger partial charge in [-0.3, -0.25) is 0 Å². The molecular formula is C17H28N2. The maximum absolute atomic E-state index is 3.36. The summed E-state index contributed by atoms with van der Waals surface area (Å²) in [6.45, 7) is 10.3. The van der Waals surface area contributed by atoms with Crippen LogP contribution in [0.2, 0.25) is 0 Å². The number of aryl methyl sites for hydroxylation is 2. The van der Waals surface area contributed by atoms with Gasteiger partial charge in [-0.2, -0.15) is 0 Å². The largest absolute Gasteiger partial charge is 0.371 e. The molecule has 0 fully saturated rings. The molecule has 0 aliphatic carbocycles. The molecule has 0 saturated heterocycles. The van der Waals surface area contributed by atoms with Crippen molar-refractivity contribution < 1.29 is 0 Å². The van der Waals surface area contributed by atoms with E-state index in [1.165, 1.54) is 42.6 Å². The number of anilines is 1. The standard InChI is InChI=1S/C17H28N2/c1-5-17(3,12-18-4)13-19-10-6-7-15-11-14(2)8-9-16(15)19/h8-9,11,18H,5-7,10,12-13H2,1-4H3. The molecule has 1 aromatic rings. The van der Waals surface area contributed by atoms with Crippen molar-refractivity contribution in [2.45, 2.75) is 40.0 Å². The summed E-state index contributed by atoms with van der Waals surface area (Å²) in [6, 6.07) is 6.93. The van der Waals surface area contributed by atoms with E-state index in [2.05, 4.69) is 56.2 Å². The van der Waals surface area contributed by atoms with Crippen LogP contribution in [0, 0.1) is 12.3 Å². The van der Waals surface area contributed by atoms with Crippen molar-refractivity contribution in [1.82, 2.24) is 5.32 Å². The third kappa shape index (κ3) is 3.30. The van der Waals surface area contributed by atoms with E-state index in [1.54, 1.807) is 0 Å². The zero-order chi connectivity index (χ0) is 13.9. The quantitative estimate of drug-likeness (QED) is 0.873. The van der Waals surface area contributed by atoms with Crippen LogP contribution in [0.15, 0.2) is 18.2 Å². The van der Waals surface area contributed by atoms with E-state index in [0.717, 1.165) is 13.1 Å². The summed E-state index contributed by atoms with van der Waals surface area (Å²) in [5.41, 5.74) is 4.74. The molecule has 106 valence electrons. The Labute approximate surface area is 118 Å². The molecule has 1 aromatic carbocycles. The normalized spacial score (nSPS) is 18.0. The van der Waals surface area contributed by atoms with Crippen LogP contribution < -0.4 is 10.2 Å². The second-order valence-corrected chi connectivity index (χ2v) is 6.35. The Bertz CT molecular complexity index is 427. The third-order valence-corrected chi connectivity index (χ3v) is 4.48. The molecule has 0 bridgehead atoms. The van der Waals surface area contributed by atoms with Gasteiger partial charge in [0.05, 0.1) is 0 Å². The second kappa shape index (κ2) is 5.96. The highest BCUT2D eigenvalue weighted by Crippen LogP contribution is 2.32. The van der Waals surface area contributed by atoms with E-state index in [4.69, 9.17) is 0 Å². The van der Waals surface area contributed by atoms with Crippen LogP contribution in [0.4, 0.5) is 5.69 Å². The molecule has 1 aliphatic rings. The fourth-order valence-electron chi connectivity index (χ4n) is 3.15. The summed E-state index contributed by atoms with van der Waals surface area (Å²) in [7, 11) is 2.06. The Morgan fingerprint density at radius 1 is 1.37 bits per heavy atom. The predicted octanol–water partition coefficient (Wildman–Crippen LogP) is 3.38. The molecule has 1 aliphatic heterocycles. The Balaban J connectivity index is 2.19. The van der Waals surface area contributed by atoms with Crippen LogP contribution in [0.1, 0.15) is 37.8 Å². The minimum Gasteiger partial charge on any atom is -0.371 e. The lowest BCUT2D eigenvalue weighted by molar-refractivity contribution is 0.301. The number of hydrogen-bond donors (Lipinski definition) is 1. The number of hydrogen-bond acceptors (Lipinski definition) is 2. The Morgan fingerprint density at radius 2 is 2.16 bits per heavy atom. The van der Waals surface area contributed by atoms with Gasteiger partial charge in [-0.1, -0.05) is 31.5 Å². The van der Waals surface area contributed by atoms with E-state index in [0.29, 0.717) is 5.41 Å². The molecule has 0 amide bonds. The maximum atomic E-state index is 3.36. The molecule has 0 aromatic heterocycles. The number of fused-ring (bicyclic) bond motifs is 1. The third-order valence-electron chi connectivity index (χ3n) is 4.48. The second-order valence-electron chi connectivity index (χ2n) is 6.35. The highest BCUT2D eigenvalue weighted by atomic mass is 15.1. The van der Waals surface area contributed by atoms with Crippen molar-refractivity contribution in [2.75, 3.05) is 31.6 Å². The molecule has 2 heteroatoms. The van der Waals surface area contributed by atoms with E-state index >= 15 is 0 Å². The van der Waals surface area contributed by atoms with Crippen LogP contribution in [-0.2, 0) is 6.42 Å². The molecule has 0 radical (unpaired) electrons. The van der Waals surface area contributed by atoms with E-state index in [1.807, 2.05) is 0 Å². The SMILES string of the molecule is CCC(C)(CNC)CN1CCCc2cc(C)ccc21. The Hall–Kier alpha value is -1.02. The minimum atomic E-state index is 0.355. The van der Waals surface area contributed by atoms with Crippen LogP contribution in [0.25, 0.3) is 0 Å². The maximum Gasteiger partial charge on any atom is 0.0399 e. The van der Waals surface area contributed by atoms with Crippen molar-refractivity contribution in [2.24, 2.45) is 5.41 Å². The minimum absolute atomic E-state index is 0.355. The van der Waals surface area contributed by atoms with Gasteiger partial charge in [-0.15, -0.1) is 0 Å². The van der Waals surface area contributed by atoms with Crippen molar-refractivity contribution in [1.29, 1.82) is 0 Å². The average Bonchev–Trinajstić information content (AvgIpc) is 2.39. The number of rotatable bonds is 5. The highest BCUT2D eigenvalue weighted by molar-refractivity contribution is 5.56. The molecule has 2 nitrogen and oxygen atoms in total. The van der Waals surface area contributed by atoms with Gasteiger partial charge in [-0.25, -0.2) is 0 Å². The van der Waals surface area contributed by atoms with Crippen molar-refractivity contribution >= 4 is 5.69 Å². The number of benzene rings is 1. The van der Waals surface area contributed by atoms with Gasteiger partial charge >= 0.3 is 0 Å². The van der Waals surface area contributed by atoms with E-state index in [9.17, 15) is 0 Å². The summed E-state index contributed by atoms with van der Waals surface area (Å²) in [5.74, 6) is 0. The zero-order valence-electron chi connectivity index (χ0n) is 12.9. The molecule has 0 spiro atoms. The highest BCUT2D eigenvalue weighted by Gasteiger charge is 2.27. The van der Waals surface area contributed by atoms with Crippen LogP contribution in [-0.4, -0.2) is 26.7 Å². The predicted molar refractivity (Wildman–Crippen MR) is 84.0 cm³/mol. The van der Waals surface area contributed by atoms with Gasteiger partial charge < -0.3 is 10.2 Å². The molecule has 1 unspecified atom stereocenters. The first kappa shape index (κ1) is 14.4. The van der Waals surface area contributed by atoms with Gasteiger partial charge in [0.2, 0.25) is 0 Å². The van der Waals surface area contributed by atoms with Gasteiger partial charge in [-0.05, 0) is 50.3 Å². The average molecular weight is 260 g/mol. The van der Waals surface area contributed by atoms with Crippen LogP contribution in [0.5, 0.6) is 0 Å². The summed E-state index contributed by atoms with van der Waals surface area (Å²) in [6.07, 6.45) is 3.74. The lowest BCUT2D eigenvalue weighted by Crippen LogP contribution is -2.43. The molecule has 1 atom stereocenters. The van der Waals surface area contributed by atoms with Gasteiger partial charge in [0.1, 0.15) is 0 Å².